The number of nitrogens with zero attached hydrogens (tertiary/aromatic N) is 2. The number of β-amino-alcohol motifs (C(OH)–C–C–N with tert-alkyl or cyclic N) is 1. The van der Waals surface area contributed by atoms with Crippen LogP contribution < -0.4 is 4.74 Å². The molecule has 0 saturated carbocycles. The summed E-state index contributed by atoms with van der Waals surface area (Å²) in [6.45, 7) is 2.63. The summed E-state index contributed by atoms with van der Waals surface area (Å²) in [5.41, 5.74) is 2.20. The van der Waals surface area contributed by atoms with Crippen LogP contribution in [0.2, 0.25) is 0 Å². The molecule has 112 valence electrons. The topological polar surface area (TPSA) is 45.6 Å². The highest BCUT2D eigenvalue weighted by molar-refractivity contribution is 7.13. The maximum atomic E-state index is 9.72. The van der Waals surface area contributed by atoms with Crippen molar-refractivity contribution in [1.82, 2.24) is 9.88 Å². The van der Waals surface area contributed by atoms with Gasteiger partial charge >= 0.3 is 0 Å². The van der Waals surface area contributed by atoms with Gasteiger partial charge in [0.2, 0.25) is 0 Å². The Morgan fingerprint density at radius 3 is 2.90 bits per heavy atom. The van der Waals surface area contributed by atoms with Crippen LogP contribution in [0, 0.1) is 0 Å². The van der Waals surface area contributed by atoms with E-state index in [4.69, 9.17) is 9.72 Å². The lowest BCUT2D eigenvalue weighted by Gasteiger charge is -2.29. The van der Waals surface area contributed by atoms with Gasteiger partial charge in [-0.05, 0) is 43.7 Å². The first-order chi connectivity index (χ1) is 10.2. The second-order valence-electron chi connectivity index (χ2n) is 5.40. The van der Waals surface area contributed by atoms with E-state index in [1.54, 1.807) is 18.4 Å². The molecule has 1 aliphatic heterocycles. The lowest BCUT2D eigenvalue weighted by Crippen LogP contribution is -2.37. The van der Waals surface area contributed by atoms with Crippen molar-refractivity contribution < 1.29 is 9.84 Å². The van der Waals surface area contributed by atoms with Crippen LogP contribution in [0.3, 0.4) is 0 Å². The first kappa shape index (κ1) is 14.5. The number of aliphatic hydroxyl groups excluding tert-OH is 1. The second-order valence-corrected chi connectivity index (χ2v) is 6.26. The van der Waals surface area contributed by atoms with Crippen LogP contribution in [-0.4, -0.2) is 41.3 Å². The van der Waals surface area contributed by atoms with E-state index in [-0.39, 0.29) is 6.10 Å². The lowest BCUT2D eigenvalue weighted by atomic mass is 10.1. The van der Waals surface area contributed by atoms with Crippen LogP contribution in [0.25, 0.3) is 10.6 Å². The molecule has 21 heavy (non-hydrogen) atoms. The van der Waals surface area contributed by atoms with Gasteiger partial charge in [-0.25, -0.2) is 4.98 Å². The summed E-state index contributed by atoms with van der Waals surface area (Å²) < 4.78 is 5.17. The van der Waals surface area contributed by atoms with E-state index in [0.717, 1.165) is 54.5 Å². The Balaban J connectivity index is 1.67. The number of likely N-dealkylation sites (tertiary alicyclic amines) is 1. The van der Waals surface area contributed by atoms with Gasteiger partial charge in [0.15, 0.2) is 0 Å². The average Bonchev–Trinajstić information content (AvgIpc) is 2.96. The number of hydrogen-bond acceptors (Lipinski definition) is 5. The number of piperidine rings is 1. The molecule has 1 unspecified atom stereocenters. The third-order valence-electron chi connectivity index (χ3n) is 3.75. The summed E-state index contributed by atoms with van der Waals surface area (Å²) in [6, 6.07) is 7.98. The van der Waals surface area contributed by atoms with Crippen molar-refractivity contribution in [3.63, 3.8) is 0 Å². The zero-order valence-corrected chi connectivity index (χ0v) is 13.0. The van der Waals surface area contributed by atoms with Crippen molar-refractivity contribution in [1.29, 1.82) is 0 Å². The monoisotopic (exact) mass is 304 g/mol. The highest BCUT2D eigenvalue weighted by Gasteiger charge is 2.18. The van der Waals surface area contributed by atoms with Crippen LogP contribution in [0.1, 0.15) is 18.5 Å². The normalized spacial score (nSPS) is 19.6. The molecule has 0 amide bonds. The van der Waals surface area contributed by atoms with Gasteiger partial charge in [0.1, 0.15) is 10.8 Å². The molecule has 0 spiro atoms. The number of benzene rings is 1. The number of aromatic nitrogens is 1. The van der Waals surface area contributed by atoms with Gasteiger partial charge in [0, 0.05) is 24.0 Å². The Hall–Kier alpha value is -1.43. The van der Waals surface area contributed by atoms with Crippen LogP contribution in [0.5, 0.6) is 5.75 Å². The minimum Gasteiger partial charge on any atom is -0.497 e. The van der Waals surface area contributed by atoms with Crippen LogP contribution in [0.15, 0.2) is 29.6 Å². The maximum Gasteiger partial charge on any atom is 0.123 e. The van der Waals surface area contributed by atoms with Gasteiger partial charge in [-0.3, -0.25) is 4.90 Å². The molecule has 2 aromatic rings. The predicted molar refractivity (Wildman–Crippen MR) is 84.6 cm³/mol. The largest absolute Gasteiger partial charge is 0.497 e. The van der Waals surface area contributed by atoms with Crippen LogP contribution in [-0.2, 0) is 6.54 Å². The number of thiazole rings is 1. The Morgan fingerprint density at radius 2 is 2.19 bits per heavy atom. The molecule has 0 radical (unpaired) electrons. The van der Waals surface area contributed by atoms with Crippen molar-refractivity contribution in [3.8, 4) is 16.3 Å². The number of methoxy groups -OCH3 is 1. The second kappa shape index (κ2) is 6.56. The summed E-state index contributed by atoms with van der Waals surface area (Å²) >= 11 is 1.66. The predicted octanol–water partition coefficient (Wildman–Crippen LogP) is 2.78. The summed E-state index contributed by atoms with van der Waals surface area (Å²) in [7, 11) is 1.67. The van der Waals surface area contributed by atoms with Crippen molar-refractivity contribution in [2.75, 3.05) is 20.2 Å². The molecule has 1 saturated heterocycles. The molecule has 1 aromatic heterocycles. The molecule has 1 fully saturated rings. The molecule has 5 heteroatoms. The molecule has 0 aliphatic carbocycles. The Bertz CT molecular complexity index is 582. The van der Waals surface area contributed by atoms with E-state index in [1.807, 2.05) is 24.3 Å². The van der Waals surface area contributed by atoms with E-state index >= 15 is 0 Å². The number of ether oxygens (including phenoxy) is 1. The van der Waals surface area contributed by atoms with E-state index in [9.17, 15) is 5.11 Å². The third-order valence-corrected chi connectivity index (χ3v) is 4.70. The lowest BCUT2D eigenvalue weighted by molar-refractivity contribution is 0.0663. The third kappa shape index (κ3) is 3.61. The number of rotatable bonds is 4. The summed E-state index contributed by atoms with van der Waals surface area (Å²) in [5, 5.41) is 12.9. The minimum atomic E-state index is -0.182. The van der Waals surface area contributed by atoms with Gasteiger partial charge < -0.3 is 9.84 Å². The van der Waals surface area contributed by atoms with Crippen LogP contribution in [0.4, 0.5) is 0 Å². The van der Waals surface area contributed by atoms with Gasteiger partial charge in [0.25, 0.3) is 0 Å². The Morgan fingerprint density at radius 1 is 1.38 bits per heavy atom. The first-order valence-corrected chi connectivity index (χ1v) is 8.12. The molecular formula is C16H20N2O2S. The summed E-state index contributed by atoms with van der Waals surface area (Å²) in [5.74, 6) is 0.859. The van der Waals surface area contributed by atoms with Crippen molar-refractivity contribution >= 4 is 11.3 Å². The zero-order valence-electron chi connectivity index (χ0n) is 12.2. The number of aliphatic hydroxyl groups is 1. The first-order valence-electron chi connectivity index (χ1n) is 7.24. The highest BCUT2D eigenvalue weighted by Crippen LogP contribution is 2.26. The van der Waals surface area contributed by atoms with Gasteiger partial charge in [0.05, 0.1) is 18.9 Å². The maximum absolute atomic E-state index is 9.72. The van der Waals surface area contributed by atoms with Gasteiger partial charge in [-0.1, -0.05) is 0 Å². The minimum absolute atomic E-state index is 0.182. The van der Waals surface area contributed by atoms with E-state index in [0.29, 0.717) is 0 Å². The van der Waals surface area contributed by atoms with E-state index < -0.39 is 0 Å². The van der Waals surface area contributed by atoms with Crippen LogP contribution >= 0.6 is 11.3 Å². The smallest absolute Gasteiger partial charge is 0.123 e. The van der Waals surface area contributed by atoms with Gasteiger partial charge in [-0.2, -0.15) is 0 Å². The van der Waals surface area contributed by atoms with Crippen molar-refractivity contribution in [2.45, 2.75) is 25.5 Å². The standard InChI is InChI=1S/C16H20N2O2S/c1-20-15-6-4-12(5-7-15)16-17-13(11-21-16)9-18-8-2-3-14(19)10-18/h4-7,11,14,19H,2-3,8-10H2,1H3. The Kier molecular flexibility index (Phi) is 4.53. The highest BCUT2D eigenvalue weighted by atomic mass is 32.1. The summed E-state index contributed by atoms with van der Waals surface area (Å²) in [6.07, 6.45) is 1.81. The summed E-state index contributed by atoms with van der Waals surface area (Å²) in [4.78, 5) is 6.99. The number of hydrogen-bond donors (Lipinski definition) is 1. The van der Waals surface area contributed by atoms with Gasteiger partial charge in [-0.15, -0.1) is 11.3 Å². The molecule has 4 nitrogen and oxygen atoms in total. The fourth-order valence-corrected chi connectivity index (χ4v) is 3.47. The molecule has 3 rings (SSSR count). The quantitative estimate of drug-likeness (QED) is 0.943. The van der Waals surface area contributed by atoms with Crippen molar-refractivity contribution in [3.05, 3.63) is 35.3 Å². The van der Waals surface area contributed by atoms with E-state index in [2.05, 4.69) is 10.3 Å². The Labute approximate surface area is 129 Å². The molecule has 1 aliphatic rings. The molecular weight excluding hydrogens is 284 g/mol. The van der Waals surface area contributed by atoms with Crippen molar-refractivity contribution in [2.24, 2.45) is 0 Å². The average molecular weight is 304 g/mol. The fraction of sp³-hybridized carbons (Fsp3) is 0.438. The molecule has 1 aromatic carbocycles. The molecule has 0 bridgehead atoms. The zero-order chi connectivity index (χ0) is 14.7. The molecule has 1 atom stereocenters. The van der Waals surface area contributed by atoms with E-state index in [1.165, 1.54) is 0 Å². The fourth-order valence-electron chi connectivity index (χ4n) is 2.65. The SMILES string of the molecule is COc1ccc(-c2nc(CN3CCCC(O)C3)cs2)cc1. The molecule has 2 heterocycles. The molecule has 1 N–H and O–H groups in total.